The van der Waals surface area contributed by atoms with Crippen molar-refractivity contribution in [1.29, 1.82) is 0 Å². The van der Waals surface area contributed by atoms with E-state index in [1.54, 1.807) is 0 Å². The van der Waals surface area contributed by atoms with Crippen LogP contribution in [0.3, 0.4) is 0 Å². The number of esters is 2. The van der Waals surface area contributed by atoms with Gasteiger partial charge in [-0.1, -0.05) is 384 Å². The molecule has 0 aromatic heterocycles. The highest BCUT2D eigenvalue weighted by atomic mass is 16.7. The lowest BCUT2D eigenvalue weighted by Gasteiger charge is -2.26. The van der Waals surface area contributed by atoms with Crippen LogP contribution in [0.5, 0.6) is 0 Å². The average molecular weight is 1430 g/mol. The Morgan fingerprint density at radius 3 is 0.825 bits per heavy atom. The molecule has 0 heterocycles. The molecule has 0 saturated carbocycles. The summed E-state index contributed by atoms with van der Waals surface area (Å²) in [5.41, 5.74) is 0. The molecule has 9 heteroatoms. The van der Waals surface area contributed by atoms with Gasteiger partial charge in [0.1, 0.15) is 13.2 Å². The maximum absolute atomic E-state index is 13.0. The van der Waals surface area contributed by atoms with Crippen LogP contribution in [0.15, 0.2) is 146 Å². The molecule has 0 bridgehead atoms. The molecule has 0 fully saturated rings. The Morgan fingerprint density at radius 1 is 0.301 bits per heavy atom. The molecule has 9 nitrogen and oxygen atoms in total. The summed E-state index contributed by atoms with van der Waals surface area (Å²) in [7, 11) is 5.94. The van der Waals surface area contributed by atoms with Crippen molar-refractivity contribution in [3.63, 3.8) is 0 Å². The Kier molecular flexibility index (Phi) is 78.9. The Bertz CT molecular complexity index is 2220. The van der Waals surface area contributed by atoms with Crippen LogP contribution < -0.4 is 5.11 Å². The van der Waals surface area contributed by atoms with E-state index in [9.17, 15) is 19.5 Å². The van der Waals surface area contributed by atoms with Crippen LogP contribution in [0.1, 0.15) is 373 Å². The number of rotatable bonds is 79. The van der Waals surface area contributed by atoms with E-state index in [4.69, 9.17) is 18.9 Å². The minimum Gasteiger partial charge on any atom is -0.545 e. The number of carboxylic acid groups (broad SMARTS) is 1. The van der Waals surface area contributed by atoms with E-state index in [-0.39, 0.29) is 32.2 Å². The highest BCUT2D eigenvalue weighted by Gasteiger charge is 2.22. The molecule has 0 saturated heterocycles. The zero-order valence-electron chi connectivity index (χ0n) is 67.7. The monoisotopic (exact) mass is 1430 g/mol. The summed E-state index contributed by atoms with van der Waals surface area (Å²) in [5, 5.41) is 11.9. The lowest BCUT2D eigenvalue weighted by Crippen LogP contribution is -2.44. The SMILES string of the molecule is CC/C=C\C/C=C\C/C=C\C/C=C\C/C=C\C/C=C\C/C=C\C/C=C\C/C=C\CCCCCCCCCCCCCCCC(=O)OC(COC(=O)CCCCCCCCCCCCCCCCCCCCCCCC/C=C\C/C=C\C/C=C\CCCCCCC)COC(OCC[N+](C)(C)C)C(=O)[O-]. The molecule has 0 aromatic carbocycles. The van der Waals surface area contributed by atoms with Gasteiger partial charge in [0, 0.05) is 12.8 Å². The van der Waals surface area contributed by atoms with Crippen molar-refractivity contribution in [1.82, 2.24) is 0 Å². The first kappa shape index (κ1) is 98.2. The second-order valence-electron chi connectivity index (χ2n) is 29.7. The molecule has 0 aliphatic rings. The van der Waals surface area contributed by atoms with Gasteiger partial charge in [-0.05, 0) is 122 Å². The highest BCUT2D eigenvalue weighted by Crippen LogP contribution is 2.19. The van der Waals surface area contributed by atoms with Gasteiger partial charge in [0.2, 0.25) is 0 Å². The molecule has 0 N–H and O–H groups in total. The van der Waals surface area contributed by atoms with Gasteiger partial charge in [-0.15, -0.1) is 0 Å². The summed E-state index contributed by atoms with van der Waals surface area (Å²) in [5.74, 6) is -2.27. The molecule has 0 amide bonds. The molecule has 0 aromatic rings. The van der Waals surface area contributed by atoms with E-state index < -0.39 is 24.3 Å². The number of nitrogens with zero attached hydrogens (tertiary/aromatic N) is 1. The summed E-state index contributed by atoms with van der Waals surface area (Å²) in [6.45, 7) is 4.65. The van der Waals surface area contributed by atoms with Gasteiger partial charge in [-0.3, -0.25) is 9.59 Å². The number of likely N-dealkylation sites (N-methyl/N-ethyl adjacent to an activating group) is 1. The third-order valence-electron chi connectivity index (χ3n) is 18.6. The predicted molar refractivity (Wildman–Crippen MR) is 444 cm³/mol. The molecule has 590 valence electrons. The number of carbonyl (C=O) groups is 3. The first-order chi connectivity index (χ1) is 50.6. The number of hydrogen-bond donors (Lipinski definition) is 0. The molecular weight excluding hydrogens is 1270 g/mol. The Labute approximate surface area is 636 Å². The van der Waals surface area contributed by atoms with Crippen molar-refractivity contribution in [2.24, 2.45) is 0 Å². The van der Waals surface area contributed by atoms with Crippen LogP contribution in [-0.2, 0) is 33.3 Å². The topological polar surface area (TPSA) is 111 Å². The van der Waals surface area contributed by atoms with Gasteiger partial charge >= 0.3 is 11.9 Å². The molecule has 2 unspecified atom stereocenters. The number of ether oxygens (including phenoxy) is 4. The maximum atomic E-state index is 13.0. The fraction of sp³-hybridized carbons (Fsp3) is 0.713. The van der Waals surface area contributed by atoms with E-state index in [0.717, 1.165) is 109 Å². The van der Waals surface area contributed by atoms with Gasteiger partial charge in [0.05, 0.1) is 40.3 Å². The second-order valence-corrected chi connectivity index (χ2v) is 29.7. The van der Waals surface area contributed by atoms with Crippen molar-refractivity contribution >= 4 is 17.9 Å². The van der Waals surface area contributed by atoms with Gasteiger partial charge in [0.25, 0.3) is 0 Å². The van der Waals surface area contributed by atoms with Crippen molar-refractivity contribution in [2.45, 2.75) is 386 Å². The van der Waals surface area contributed by atoms with Crippen LogP contribution in [-0.4, -0.2) is 82.3 Å². The van der Waals surface area contributed by atoms with E-state index in [2.05, 4.69) is 160 Å². The normalized spacial score (nSPS) is 13.4. The number of carbonyl (C=O) groups excluding carboxylic acids is 3. The predicted octanol–water partition coefficient (Wildman–Crippen LogP) is 26.8. The van der Waals surface area contributed by atoms with Crippen LogP contribution in [0.25, 0.3) is 0 Å². The fourth-order valence-electron chi connectivity index (χ4n) is 12.1. The summed E-state index contributed by atoms with van der Waals surface area (Å²) in [4.78, 5) is 37.7. The summed E-state index contributed by atoms with van der Waals surface area (Å²) in [6, 6.07) is 0. The summed E-state index contributed by atoms with van der Waals surface area (Å²) in [6.07, 6.45) is 118. The van der Waals surface area contributed by atoms with E-state index in [1.807, 2.05) is 21.1 Å². The van der Waals surface area contributed by atoms with Crippen molar-refractivity contribution in [3.05, 3.63) is 146 Å². The van der Waals surface area contributed by atoms with Gasteiger partial charge < -0.3 is 33.3 Å². The van der Waals surface area contributed by atoms with Crippen LogP contribution in [0, 0.1) is 0 Å². The first-order valence-corrected chi connectivity index (χ1v) is 43.0. The van der Waals surface area contributed by atoms with Crippen molar-refractivity contribution in [3.8, 4) is 0 Å². The van der Waals surface area contributed by atoms with Gasteiger partial charge in [-0.2, -0.15) is 0 Å². The molecule has 0 spiro atoms. The van der Waals surface area contributed by atoms with Crippen LogP contribution in [0.4, 0.5) is 0 Å². The van der Waals surface area contributed by atoms with Gasteiger partial charge in [-0.25, -0.2) is 0 Å². The first-order valence-electron chi connectivity index (χ1n) is 43.0. The number of carboxylic acids is 1. The molecule has 0 rings (SSSR count). The quantitative estimate of drug-likeness (QED) is 0.0195. The molecule has 0 aliphatic carbocycles. The highest BCUT2D eigenvalue weighted by molar-refractivity contribution is 5.70. The summed E-state index contributed by atoms with van der Waals surface area (Å²) < 4.78 is 22.9. The zero-order valence-corrected chi connectivity index (χ0v) is 67.7. The number of allylic oxidation sites excluding steroid dienone is 24. The van der Waals surface area contributed by atoms with Crippen LogP contribution >= 0.6 is 0 Å². The maximum Gasteiger partial charge on any atom is 0.306 e. The Balaban J connectivity index is 4.02. The number of aliphatic carboxylic acids is 1. The standard InChI is InChI=1S/C94H161NO8/c1-6-8-10-12-14-16-18-20-22-24-26-28-30-32-34-36-38-40-42-44-45-46-47-49-51-53-55-57-59-61-63-65-67-69-71-73-75-77-79-81-83-85-92(97)103-90(89-102-94(93(98)99)100-87-86-95(3,4)5)88-101-91(96)84-82-80-78-76-74-72-70-68-66-64-62-60-58-56-54-52-50-48-43-41-39-37-35-33-31-29-27-25-23-21-19-17-15-13-11-9-7-2/h8,10,14,16,19-22,25-28,31-34,38,40,44-45,47,49,53,55,90,94H,6-7,9,11-13,15,17-18,23-24,29-30,35-37,39,41-43,46,48,50-52,54,56-89H2,1-5H3/b10-8-,16-14-,21-19-,22-20-,27-25-,28-26-,33-31-,34-32-,40-38-,45-44-,49-47-,55-53-. The molecular formula is C94H161NO8. The molecule has 2 atom stereocenters. The van der Waals surface area contributed by atoms with Crippen molar-refractivity contribution in [2.75, 3.05) is 47.5 Å². The lowest BCUT2D eigenvalue weighted by atomic mass is 10.0. The number of quaternary nitrogens is 1. The Morgan fingerprint density at radius 2 is 0.553 bits per heavy atom. The lowest BCUT2D eigenvalue weighted by molar-refractivity contribution is -0.870. The fourth-order valence-corrected chi connectivity index (χ4v) is 12.1. The van der Waals surface area contributed by atoms with Gasteiger partial charge in [0.15, 0.2) is 12.4 Å². The molecule has 0 aliphatic heterocycles. The smallest absolute Gasteiger partial charge is 0.306 e. The minimum absolute atomic E-state index is 0.144. The summed E-state index contributed by atoms with van der Waals surface area (Å²) >= 11 is 0. The second kappa shape index (κ2) is 82.8. The van der Waals surface area contributed by atoms with E-state index >= 15 is 0 Å². The molecule has 103 heavy (non-hydrogen) atoms. The minimum atomic E-state index is -1.63. The largest absolute Gasteiger partial charge is 0.545 e. The van der Waals surface area contributed by atoms with E-state index in [0.29, 0.717) is 23.9 Å². The average Bonchev–Trinajstić information content (AvgIpc) is 1.01. The Hall–Kier alpha value is -4.83. The van der Waals surface area contributed by atoms with Crippen molar-refractivity contribution < 1.29 is 42.9 Å². The number of unbranched alkanes of at least 4 members (excludes halogenated alkanes) is 40. The number of hydrogen-bond acceptors (Lipinski definition) is 8. The zero-order chi connectivity index (χ0) is 74.6. The molecule has 0 radical (unpaired) electrons. The third-order valence-corrected chi connectivity index (χ3v) is 18.6. The third kappa shape index (κ3) is 84.3. The van der Waals surface area contributed by atoms with E-state index in [1.165, 1.54) is 231 Å². The van der Waals surface area contributed by atoms with Crippen LogP contribution in [0.2, 0.25) is 0 Å².